The van der Waals surface area contributed by atoms with Crippen LogP contribution in [0.4, 0.5) is 0 Å². The maximum Gasteiger partial charge on any atom is 0.0603 e. The topological polar surface area (TPSA) is 58.6 Å². The maximum absolute atomic E-state index is 8.23. The molecule has 0 saturated heterocycles. The first kappa shape index (κ1) is 13.4. The van der Waals surface area contributed by atoms with Crippen LogP contribution in [0.15, 0.2) is 5.16 Å². The van der Waals surface area contributed by atoms with Crippen molar-refractivity contribution < 1.29 is 5.21 Å². The van der Waals surface area contributed by atoms with Crippen LogP contribution < -0.4 is 5.73 Å². The highest BCUT2D eigenvalue weighted by Crippen LogP contribution is 2.08. The first-order valence-electron chi connectivity index (χ1n) is 5.74. The summed E-state index contributed by atoms with van der Waals surface area (Å²) in [5.74, 6) is 0. The average molecular weight is 200 g/mol. The summed E-state index contributed by atoms with van der Waals surface area (Å²) in [6, 6.07) is -0.0735. The van der Waals surface area contributed by atoms with Crippen LogP contribution in [0, 0.1) is 0 Å². The molecule has 1 atom stereocenters. The Morgan fingerprint density at radius 2 is 1.71 bits per heavy atom. The second-order valence-electron chi connectivity index (χ2n) is 3.84. The van der Waals surface area contributed by atoms with Gasteiger partial charge in [0.05, 0.1) is 6.21 Å². The molecule has 3 nitrogen and oxygen atoms in total. The molecule has 3 heteroatoms. The molecule has 0 aromatic heterocycles. The van der Waals surface area contributed by atoms with Crippen LogP contribution in [0.5, 0.6) is 0 Å². The predicted octanol–water partition coefficient (Wildman–Crippen LogP) is 2.91. The van der Waals surface area contributed by atoms with Crippen molar-refractivity contribution in [3.63, 3.8) is 0 Å². The molecular formula is C11H24N2O. The van der Waals surface area contributed by atoms with Crippen LogP contribution in [0.3, 0.4) is 0 Å². The van der Waals surface area contributed by atoms with Gasteiger partial charge < -0.3 is 10.9 Å². The first-order valence-corrected chi connectivity index (χ1v) is 5.74. The van der Waals surface area contributed by atoms with E-state index in [4.69, 9.17) is 10.9 Å². The van der Waals surface area contributed by atoms with Gasteiger partial charge in [0.2, 0.25) is 0 Å². The number of rotatable bonds is 9. The summed E-state index contributed by atoms with van der Waals surface area (Å²) in [6.45, 7) is 2.23. The zero-order valence-corrected chi connectivity index (χ0v) is 9.28. The molecule has 0 rings (SSSR count). The molecule has 1 unspecified atom stereocenters. The summed E-state index contributed by atoms with van der Waals surface area (Å²) in [5.41, 5.74) is 5.64. The van der Waals surface area contributed by atoms with Crippen molar-refractivity contribution in [1.29, 1.82) is 0 Å². The van der Waals surface area contributed by atoms with Gasteiger partial charge in [-0.2, -0.15) is 0 Å². The molecule has 0 amide bonds. The van der Waals surface area contributed by atoms with Gasteiger partial charge in [0.1, 0.15) is 0 Å². The lowest BCUT2D eigenvalue weighted by Gasteiger charge is -2.04. The molecule has 0 radical (unpaired) electrons. The van der Waals surface area contributed by atoms with E-state index in [1.54, 1.807) is 0 Å². The molecule has 14 heavy (non-hydrogen) atoms. The van der Waals surface area contributed by atoms with Crippen molar-refractivity contribution in [1.82, 2.24) is 0 Å². The molecular weight excluding hydrogens is 176 g/mol. The van der Waals surface area contributed by atoms with E-state index in [-0.39, 0.29) is 6.04 Å². The number of nitrogens with two attached hydrogens (primary N) is 1. The minimum absolute atomic E-state index is 0.0735. The van der Waals surface area contributed by atoms with Gasteiger partial charge in [-0.25, -0.2) is 0 Å². The molecule has 0 spiro atoms. The number of oxime groups is 1. The highest BCUT2D eigenvalue weighted by Gasteiger charge is 1.97. The number of hydrogen-bond donors (Lipinski definition) is 2. The van der Waals surface area contributed by atoms with E-state index in [2.05, 4.69) is 12.1 Å². The lowest BCUT2D eigenvalue weighted by molar-refractivity contribution is 0.319. The van der Waals surface area contributed by atoms with Crippen molar-refractivity contribution in [3.8, 4) is 0 Å². The summed E-state index contributed by atoms with van der Waals surface area (Å²) < 4.78 is 0. The fourth-order valence-corrected chi connectivity index (χ4v) is 1.50. The van der Waals surface area contributed by atoms with Gasteiger partial charge in [-0.15, -0.1) is 5.16 Å². The van der Waals surface area contributed by atoms with Gasteiger partial charge >= 0.3 is 0 Å². The average Bonchev–Trinajstić information content (AvgIpc) is 2.17. The maximum atomic E-state index is 8.23. The van der Waals surface area contributed by atoms with Crippen molar-refractivity contribution in [2.45, 2.75) is 64.3 Å². The van der Waals surface area contributed by atoms with E-state index in [1.165, 1.54) is 44.7 Å². The fraction of sp³-hybridized carbons (Fsp3) is 0.909. The third kappa shape index (κ3) is 9.52. The molecule has 0 aromatic carbocycles. The van der Waals surface area contributed by atoms with Gasteiger partial charge in [-0.1, -0.05) is 51.9 Å². The molecule has 0 heterocycles. The summed E-state index contributed by atoms with van der Waals surface area (Å²) in [4.78, 5) is 0. The molecule has 0 fully saturated rings. The summed E-state index contributed by atoms with van der Waals surface area (Å²) in [7, 11) is 0. The highest BCUT2D eigenvalue weighted by atomic mass is 16.4. The minimum atomic E-state index is -0.0735. The third-order valence-electron chi connectivity index (χ3n) is 2.40. The molecule has 0 aliphatic carbocycles. The number of nitrogens with zero attached hydrogens (tertiary/aromatic N) is 1. The van der Waals surface area contributed by atoms with Gasteiger partial charge in [0.25, 0.3) is 0 Å². The largest absolute Gasteiger partial charge is 0.411 e. The summed E-state index contributed by atoms with van der Waals surface area (Å²) in [6.07, 6.45) is 11.4. The van der Waals surface area contributed by atoms with Crippen molar-refractivity contribution >= 4 is 6.21 Å². The standard InChI is InChI=1S/C11H24N2O/c1-2-3-4-5-6-7-8-9-11(12)10-13-14/h10-11,14H,2-9,12H2,1H3. The van der Waals surface area contributed by atoms with E-state index in [0.29, 0.717) is 0 Å². The Bertz CT molecular complexity index is 137. The van der Waals surface area contributed by atoms with Crippen LogP contribution in [0.25, 0.3) is 0 Å². The Morgan fingerprint density at radius 1 is 1.14 bits per heavy atom. The van der Waals surface area contributed by atoms with Gasteiger partial charge in [-0.05, 0) is 6.42 Å². The highest BCUT2D eigenvalue weighted by molar-refractivity contribution is 5.62. The van der Waals surface area contributed by atoms with E-state index in [1.807, 2.05) is 0 Å². The summed E-state index contributed by atoms with van der Waals surface area (Å²) in [5, 5.41) is 11.2. The van der Waals surface area contributed by atoms with Crippen molar-refractivity contribution in [2.24, 2.45) is 10.9 Å². The van der Waals surface area contributed by atoms with E-state index in [0.717, 1.165) is 12.8 Å². The smallest absolute Gasteiger partial charge is 0.0603 e. The van der Waals surface area contributed by atoms with E-state index >= 15 is 0 Å². The van der Waals surface area contributed by atoms with Crippen molar-refractivity contribution in [3.05, 3.63) is 0 Å². The monoisotopic (exact) mass is 200 g/mol. The van der Waals surface area contributed by atoms with Crippen LogP contribution in [0.2, 0.25) is 0 Å². The Labute approximate surface area is 87.4 Å². The molecule has 0 bridgehead atoms. The number of hydrogen-bond acceptors (Lipinski definition) is 3. The lowest BCUT2D eigenvalue weighted by Crippen LogP contribution is -2.21. The predicted molar refractivity (Wildman–Crippen MR) is 60.9 cm³/mol. The normalized spacial score (nSPS) is 13.6. The van der Waals surface area contributed by atoms with Gasteiger partial charge in [-0.3, -0.25) is 0 Å². The Kier molecular flexibility index (Phi) is 10.1. The zero-order valence-electron chi connectivity index (χ0n) is 9.28. The molecule has 84 valence electrons. The van der Waals surface area contributed by atoms with Crippen LogP contribution in [-0.4, -0.2) is 17.5 Å². The van der Waals surface area contributed by atoms with Crippen LogP contribution >= 0.6 is 0 Å². The van der Waals surface area contributed by atoms with Crippen LogP contribution in [0.1, 0.15) is 58.3 Å². The van der Waals surface area contributed by atoms with E-state index < -0.39 is 0 Å². The molecule has 0 aliphatic heterocycles. The SMILES string of the molecule is CCCCCCCCCC(N)C=NO. The molecule has 0 saturated carbocycles. The van der Waals surface area contributed by atoms with Gasteiger partial charge in [0, 0.05) is 6.04 Å². The lowest BCUT2D eigenvalue weighted by atomic mass is 10.1. The van der Waals surface area contributed by atoms with Crippen molar-refractivity contribution in [2.75, 3.05) is 0 Å². The Balaban J connectivity index is 3.05. The first-order chi connectivity index (χ1) is 6.81. The Morgan fingerprint density at radius 3 is 2.29 bits per heavy atom. The Hall–Kier alpha value is -0.570. The third-order valence-corrected chi connectivity index (χ3v) is 2.40. The molecule has 3 N–H and O–H groups in total. The van der Waals surface area contributed by atoms with E-state index in [9.17, 15) is 0 Å². The zero-order chi connectivity index (χ0) is 10.6. The quantitative estimate of drug-likeness (QED) is 0.260. The summed E-state index contributed by atoms with van der Waals surface area (Å²) >= 11 is 0. The fourth-order valence-electron chi connectivity index (χ4n) is 1.50. The number of unbranched alkanes of at least 4 members (excludes halogenated alkanes) is 6. The second-order valence-corrected chi connectivity index (χ2v) is 3.84. The molecule has 0 aromatic rings. The molecule has 0 aliphatic rings. The van der Waals surface area contributed by atoms with Gasteiger partial charge in [0.15, 0.2) is 0 Å². The van der Waals surface area contributed by atoms with Crippen LogP contribution in [-0.2, 0) is 0 Å². The minimum Gasteiger partial charge on any atom is -0.411 e. The second kappa shape index (κ2) is 10.5.